The molecule has 1 nitrogen and oxygen atoms in total. The van der Waals surface area contributed by atoms with E-state index in [1.165, 1.54) is 0 Å². The van der Waals surface area contributed by atoms with Crippen molar-refractivity contribution in [2.45, 2.75) is 34.1 Å². The normalized spacial score (nSPS) is 9.91. The third kappa shape index (κ3) is 25.3. The molecule has 0 bridgehead atoms. The maximum atomic E-state index is 9.63. The molecule has 0 aromatic rings. The molecule has 0 radical (unpaired) electrons. The molecule has 0 spiro atoms. The van der Waals surface area contributed by atoms with E-state index in [0.717, 1.165) is 5.75 Å². The molecule has 0 aliphatic heterocycles. The minimum Gasteiger partial charge on any atom is -0.742 e. The standard InChI is InChI=1S/C5H12S.C3H6OS/c1-5(2,3)4-6;1-2-3(4)5/h6H,4H2,1-3H3;2H2,1H3,(H,4,5). The lowest BCUT2D eigenvalue weighted by molar-refractivity contribution is -0.110. The van der Waals surface area contributed by atoms with Crippen molar-refractivity contribution < 1.29 is 4.79 Å². The van der Waals surface area contributed by atoms with Gasteiger partial charge in [-0.25, -0.2) is 0 Å². The van der Waals surface area contributed by atoms with Crippen LogP contribution in [0.3, 0.4) is 0 Å². The maximum absolute atomic E-state index is 9.63. The Morgan fingerprint density at radius 2 is 1.64 bits per heavy atom. The lowest BCUT2D eigenvalue weighted by atomic mass is 10.0. The molecule has 68 valence electrons. The van der Waals surface area contributed by atoms with Gasteiger partial charge in [0.15, 0.2) is 0 Å². The maximum Gasteiger partial charge on any atom is 0.108 e. The Labute approximate surface area is 80.8 Å². The number of hydrogen-bond donors (Lipinski definition) is 0. The van der Waals surface area contributed by atoms with E-state index in [1.54, 1.807) is 6.92 Å². The summed E-state index contributed by atoms with van der Waals surface area (Å²) in [4.78, 5) is 9.63. The van der Waals surface area contributed by atoms with E-state index in [1.807, 2.05) is 0 Å². The minimum atomic E-state index is -0.162. The van der Waals surface area contributed by atoms with E-state index in [9.17, 15) is 4.79 Å². The van der Waals surface area contributed by atoms with Crippen LogP contribution < -0.4 is 0 Å². The van der Waals surface area contributed by atoms with Crippen molar-refractivity contribution in [1.29, 1.82) is 0 Å². The molecule has 0 amide bonds. The molecule has 0 rings (SSSR count). The third-order valence-electron chi connectivity index (χ3n) is 0.819. The van der Waals surface area contributed by atoms with Crippen LogP contribution in [0.1, 0.15) is 34.1 Å². The Bertz CT molecular complexity index is 105. The van der Waals surface area contributed by atoms with Crippen LogP contribution in [0.2, 0.25) is 0 Å². The van der Waals surface area contributed by atoms with Gasteiger partial charge in [0.05, 0.1) is 0 Å². The zero-order valence-electron chi connectivity index (χ0n) is 7.73. The fourth-order valence-corrected chi connectivity index (χ4v) is 0. The molecule has 0 fully saturated rings. The Hall–Kier alpha value is 0.240. The van der Waals surface area contributed by atoms with Crippen LogP contribution in [0, 0.1) is 5.41 Å². The van der Waals surface area contributed by atoms with Crippen molar-refractivity contribution in [2.24, 2.45) is 5.41 Å². The van der Waals surface area contributed by atoms with Gasteiger partial charge in [-0.15, -0.1) is 0 Å². The van der Waals surface area contributed by atoms with Gasteiger partial charge in [-0.2, -0.15) is 0 Å². The quantitative estimate of drug-likeness (QED) is 0.465. The van der Waals surface area contributed by atoms with E-state index in [0.29, 0.717) is 11.8 Å². The summed E-state index contributed by atoms with van der Waals surface area (Å²) in [5.41, 5.74) is 0.455. The highest BCUT2D eigenvalue weighted by atomic mass is 32.1. The van der Waals surface area contributed by atoms with E-state index < -0.39 is 0 Å². The average molecular weight is 194 g/mol. The molecule has 0 unspecified atom stereocenters. The molecule has 0 saturated heterocycles. The van der Waals surface area contributed by atoms with Gasteiger partial charge < -0.3 is 17.4 Å². The van der Waals surface area contributed by atoms with Crippen LogP contribution in [0.5, 0.6) is 0 Å². The fraction of sp³-hybridized carbons (Fsp3) is 0.875. The first-order valence-electron chi connectivity index (χ1n) is 3.68. The molecule has 0 aliphatic rings. The Kier molecular flexibility index (Phi) is 8.68. The van der Waals surface area contributed by atoms with E-state index in [2.05, 4.69) is 46.0 Å². The number of carbonyl (C=O) groups is 1. The van der Waals surface area contributed by atoms with Crippen LogP contribution in [0.4, 0.5) is 0 Å². The Morgan fingerprint density at radius 3 is 1.64 bits per heavy atom. The predicted molar refractivity (Wildman–Crippen MR) is 57.1 cm³/mol. The highest BCUT2D eigenvalue weighted by molar-refractivity contribution is 7.77. The third-order valence-corrected chi connectivity index (χ3v) is 2.17. The largest absolute Gasteiger partial charge is 0.742 e. The summed E-state index contributed by atoms with van der Waals surface area (Å²) in [6.07, 6.45) is 0.481. The fourth-order valence-electron chi connectivity index (χ4n) is 0. The zero-order chi connectivity index (χ0) is 9.49. The molecule has 0 aromatic heterocycles. The molecule has 0 heterocycles. The van der Waals surface area contributed by atoms with E-state index in [4.69, 9.17) is 0 Å². The molecule has 0 aromatic carbocycles. The summed E-state index contributed by atoms with van der Waals surface area (Å²) in [5, 5.41) is -0.162. The van der Waals surface area contributed by atoms with Gasteiger partial charge in [-0.3, -0.25) is 0 Å². The molecule has 0 aliphatic carbocycles. The highest BCUT2D eigenvalue weighted by Gasteiger charge is 2.08. The van der Waals surface area contributed by atoms with Crippen molar-refractivity contribution in [3.8, 4) is 0 Å². The topological polar surface area (TPSA) is 17.1 Å². The van der Waals surface area contributed by atoms with Gasteiger partial charge in [0.2, 0.25) is 0 Å². The predicted octanol–water partition coefficient (Wildman–Crippen LogP) is 1.51. The van der Waals surface area contributed by atoms with Gasteiger partial charge in [0.25, 0.3) is 0 Å². The van der Waals surface area contributed by atoms with Crippen LogP contribution in [0.15, 0.2) is 0 Å². The summed E-state index contributed by atoms with van der Waals surface area (Å²) in [6, 6.07) is 0. The Morgan fingerprint density at radius 1 is 1.45 bits per heavy atom. The zero-order valence-corrected chi connectivity index (χ0v) is 9.55. The van der Waals surface area contributed by atoms with Gasteiger partial charge in [0, 0.05) is 10.5 Å². The SMILES string of the molecule is CC(C)(C)C[SH2+].CCC(=O)[S-]. The highest BCUT2D eigenvalue weighted by Crippen LogP contribution is 2.09. The van der Waals surface area contributed by atoms with Crippen LogP contribution in [-0.2, 0) is 30.1 Å². The summed E-state index contributed by atoms with van der Waals surface area (Å²) < 4.78 is 0. The summed E-state index contributed by atoms with van der Waals surface area (Å²) in [6.45, 7) is 8.33. The summed E-state index contributed by atoms with van der Waals surface area (Å²) in [7, 11) is 0. The van der Waals surface area contributed by atoms with Gasteiger partial charge in [-0.05, 0) is 19.0 Å². The first kappa shape index (κ1) is 13.8. The molecular formula is C8H18OS2. The molecule has 11 heavy (non-hydrogen) atoms. The molecule has 3 heteroatoms. The molecule has 0 saturated carbocycles. The van der Waals surface area contributed by atoms with Crippen molar-refractivity contribution >= 4 is 30.4 Å². The van der Waals surface area contributed by atoms with Gasteiger partial charge in [0.1, 0.15) is 5.75 Å². The number of rotatable bonds is 1. The minimum absolute atomic E-state index is 0.162. The van der Waals surface area contributed by atoms with Crippen molar-refractivity contribution in [3.05, 3.63) is 0 Å². The first-order chi connectivity index (χ1) is 4.83. The Balaban J connectivity index is 0. The summed E-state index contributed by atoms with van der Waals surface area (Å²) in [5.74, 6) is 1.08. The van der Waals surface area contributed by atoms with Crippen molar-refractivity contribution in [1.82, 2.24) is 0 Å². The van der Waals surface area contributed by atoms with E-state index in [-0.39, 0.29) is 5.12 Å². The molecule has 0 atom stereocenters. The second-order valence-electron chi connectivity index (χ2n) is 3.46. The van der Waals surface area contributed by atoms with Gasteiger partial charge in [-0.1, -0.05) is 27.7 Å². The lowest BCUT2D eigenvalue weighted by Crippen LogP contribution is -2.07. The molecule has 0 N–H and O–H groups in total. The first-order valence-corrected chi connectivity index (χ1v) is 4.79. The van der Waals surface area contributed by atoms with Crippen molar-refractivity contribution in [2.75, 3.05) is 5.75 Å². The van der Waals surface area contributed by atoms with Crippen LogP contribution in [0.25, 0.3) is 0 Å². The number of carbonyl (C=O) groups excluding carboxylic acids is 1. The van der Waals surface area contributed by atoms with Crippen molar-refractivity contribution in [3.63, 3.8) is 0 Å². The van der Waals surface area contributed by atoms with Crippen LogP contribution in [-0.4, -0.2) is 10.9 Å². The number of hydrogen-bond acceptors (Lipinski definition) is 2. The van der Waals surface area contributed by atoms with E-state index >= 15 is 0 Å². The monoisotopic (exact) mass is 194 g/mol. The second kappa shape index (κ2) is 6.92. The smallest absolute Gasteiger partial charge is 0.108 e. The second-order valence-corrected chi connectivity index (χ2v) is 4.27. The van der Waals surface area contributed by atoms with Gasteiger partial charge >= 0.3 is 0 Å². The summed E-state index contributed by atoms with van der Waals surface area (Å²) >= 11 is 7.55. The molecular weight excluding hydrogens is 176 g/mol. The average Bonchev–Trinajstić information content (AvgIpc) is 1.88. The van der Waals surface area contributed by atoms with Crippen LogP contribution >= 0.6 is 0 Å². The lowest BCUT2D eigenvalue weighted by Gasteiger charge is -2.07.